The first-order chi connectivity index (χ1) is 30.8. The van der Waals surface area contributed by atoms with Gasteiger partial charge in [0.25, 0.3) is 0 Å². The Balaban J connectivity index is 1.04. The lowest BCUT2D eigenvalue weighted by Gasteiger charge is -2.29. The maximum atomic E-state index is 6.29. The van der Waals surface area contributed by atoms with Crippen molar-refractivity contribution >= 4 is 39.0 Å². The molecule has 2 nitrogen and oxygen atoms in total. The van der Waals surface area contributed by atoms with Crippen molar-refractivity contribution in [1.29, 1.82) is 0 Å². The summed E-state index contributed by atoms with van der Waals surface area (Å²) < 4.78 is 6.29. The molecule has 0 aliphatic carbocycles. The topological polar surface area (TPSA) is 16.4 Å². The van der Waals surface area contributed by atoms with Crippen molar-refractivity contribution in [3.05, 3.63) is 249 Å². The van der Waals surface area contributed by atoms with Gasteiger partial charge in [-0.1, -0.05) is 200 Å². The van der Waals surface area contributed by atoms with Crippen LogP contribution in [0.3, 0.4) is 0 Å². The van der Waals surface area contributed by atoms with E-state index in [9.17, 15) is 0 Å². The number of benzene rings is 10. The van der Waals surface area contributed by atoms with E-state index in [1.807, 2.05) is 12.1 Å². The second-order valence-corrected chi connectivity index (χ2v) is 15.6. The van der Waals surface area contributed by atoms with Crippen LogP contribution in [0.1, 0.15) is 0 Å². The minimum atomic E-state index is 0.893. The van der Waals surface area contributed by atoms with E-state index in [-0.39, 0.29) is 0 Å². The average Bonchev–Trinajstić information content (AvgIpc) is 3.73. The normalized spacial score (nSPS) is 11.2. The Hall–Kier alpha value is -8.20. The number of hydrogen-bond donors (Lipinski definition) is 0. The zero-order chi connectivity index (χ0) is 41.2. The number of para-hydroxylation sites is 2. The zero-order valence-corrected chi connectivity index (χ0v) is 34.0. The van der Waals surface area contributed by atoms with E-state index in [0.29, 0.717) is 0 Å². The molecule has 0 N–H and O–H groups in total. The minimum Gasteiger partial charge on any atom is -0.456 e. The number of furan rings is 1. The van der Waals surface area contributed by atoms with Gasteiger partial charge < -0.3 is 9.32 Å². The highest BCUT2D eigenvalue weighted by Crippen LogP contribution is 2.46. The largest absolute Gasteiger partial charge is 0.456 e. The number of hydrogen-bond acceptors (Lipinski definition) is 2. The fourth-order valence-corrected chi connectivity index (χ4v) is 8.97. The summed E-state index contributed by atoms with van der Waals surface area (Å²) >= 11 is 0. The van der Waals surface area contributed by atoms with Crippen LogP contribution in [0.15, 0.2) is 253 Å². The first-order valence-corrected chi connectivity index (χ1v) is 21.2. The molecular weight excluding hydrogens is 751 g/mol. The van der Waals surface area contributed by atoms with Crippen molar-refractivity contribution in [3.63, 3.8) is 0 Å². The van der Waals surface area contributed by atoms with E-state index in [2.05, 4.69) is 241 Å². The predicted molar refractivity (Wildman–Crippen MR) is 261 cm³/mol. The minimum absolute atomic E-state index is 0.893. The van der Waals surface area contributed by atoms with Crippen molar-refractivity contribution in [3.8, 4) is 66.8 Å². The van der Waals surface area contributed by atoms with E-state index in [0.717, 1.165) is 55.7 Å². The third kappa shape index (κ3) is 6.84. The van der Waals surface area contributed by atoms with E-state index in [4.69, 9.17) is 4.42 Å². The Morgan fingerprint density at radius 1 is 0.242 bits per heavy atom. The Morgan fingerprint density at radius 2 is 0.629 bits per heavy atom. The van der Waals surface area contributed by atoms with Gasteiger partial charge >= 0.3 is 0 Å². The highest BCUT2D eigenvalue weighted by Gasteiger charge is 2.21. The quantitative estimate of drug-likeness (QED) is 0.145. The molecule has 0 saturated carbocycles. The lowest BCUT2D eigenvalue weighted by molar-refractivity contribution is 0.669. The monoisotopic (exact) mass is 791 g/mol. The number of rotatable bonds is 9. The molecular formula is C60H41NO. The maximum Gasteiger partial charge on any atom is 0.136 e. The summed E-state index contributed by atoms with van der Waals surface area (Å²) in [5, 5.41) is 2.27. The molecule has 62 heavy (non-hydrogen) atoms. The van der Waals surface area contributed by atoms with Crippen LogP contribution in [0.25, 0.3) is 88.7 Å². The summed E-state index contributed by atoms with van der Waals surface area (Å²) in [6.07, 6.45) is 0. The van der Waals surface area contributed by atoms with Gasteiger partial charge in [-0.05, 0) is 110 Å². The van der Waals surface area contributed by atoms with Crippen LogP contribution < -0.4 is 4.90 Å². The van der Waals surface area contributed by atoms with Gasteiger partial charge in [0.15, 0.2) is 0 Å². The van der Waals surface area contributed by atoms with Crippen LogP contribution in [-0.4, -0.2) is 0 Å². The van der Waals surface area contributed by atoms with Gasteiger partial charge in [-0.25, -0.2) is 0 Å². The molecule has 0 unspecified atom stereocenters. The molecule has 0 atom stereocenters. The third-order valence-electron chi connectivity index (χ3n) is 12.0. The summed E-state index contributed by atoms with van der Waals surface area (Å²) in [4.78, 5) is 2.40. The Bertz CT molecular complexity index is 3330. The van der Waals surface area contributed by atoms with Crippen molar-refractivity contribution < 1.29 is 4.42 Å². The molecule has 0 bridgehead atoms. The number of fused-ring (bicyclic) bond motifs is 3. The summed E-state index contributed by atoms with van der Waals surface area (Å²) in [6.45, 7) is 0. The van der Waals surface area contributed by atoms with Gasteiger partial charge in [0, 0.05) is 27.7 Å². The smallest absolute Gasteiger partial charge is 0.136 e. The standard InChI is InChI=1S/C60H41NO/c1-3-17-43(18-4-1)49-21-7-8-22-50(49)45-33-38-48(39-34-45)61(47-36-31-42(32-37-47)46-35-40-57-56-28-14-16-30-59(56)62-60(57)41-46)58-29-15-13-27-55(58)54-26-12-11-25-53(54)52-24-10-9-23-51(52)44-19-5-2-6-20-44/h1-41H. The van der Waals surface area contributed by atoms with Gasteiger partial charge in [-0.3, -0.25) is 0 Å². The molecule has 10 aromatic carbocycles. The molecule has 2 heteroatoms. The lowest BCUT2D eigenvalue weighted by atomic mass is 9.88. The molecule has 0 aliphatic rings. The van der Waals surface area contributed by atoms with Gasteiger partial charge in [0.05, 0.1) is 5.69 Å². The molecule has 0 spiro atoms. The lowest BCUT2D eigenvalue weighted by Crippen LogP contribution is -2.11. The maximum absolute atomic E-state index is 6.29. The van der Waals surface area contributed by atoms with Crippen molar-refractivity contribution in [1.82, 2.24) is 0 Å². The Kier molecular flexibility index (Phi) is 9.57. The van der Waals surface area contributed by atoms with Crippen molar-refractivity contribution in [2.45, 2.75) is 0 Å². The van der Waals surface area contributed by atoms with Crippen LogP contribution in [0, 0.1) is 0 Å². The van der Waals surface area contributed by atoms with E-state index in [1.165, 1.54) is 50.1 Å². The van der Waals surface area contributed by atoms with E-state index < -0.39 is 0 Å². The fraction of sp³-hybridized carbons (Fsp3) is 0. The molecule has 292 valence electrons. The van der Waals surface area contributed by atoms with E-state index >= 15 is 0 Å². The highest BCUT2D eigenvalue weighted by molar-refractivity contribution is 6.06. The molecule has 0 amide bonds. The molecule has 1 aromatic heterocycles. The van der Waals surface area contributed by atoms with Crippen LogP contribution in [-0.2, 0) is 0 Å². The van der Waals surface area contributed by atoms with Crippen molar-refractivity contribution in [2.24, 2.45) is 0 Å². The second-order valence-electron chi connectivity index (χ2n) is 15.6. The second kappa shape index (κ2) is 16.1. The average molecular weight is 792 g/mol. The summed E-state index contributed by atoms with van der Waals surface area (Å²) in [5.41, 5.74) is 19.1. The number of nitrogens with zero attached hydrogens (tertiary/aromatic N) is 1. The van der Waals surface area contributed by atoms with Gasteiger partial charge in [-0.2, -0.15) is 0 Å². The first kappa shape index (κ1) is 36.8. The third-order valence-corrected chi connectivity index (χ3v) is 12.0. The Morgan fingerprint density at radius 3 is 1.23 bits per heavy atom. The van der Waals surface area contributed by atoms with Crippen molar-refractivity contribution in [2.75, 3.05) is 4.90 Å². The molecule has 0 saturated heterocycles. The Labute approximate surface area is 362 Å². The first-order valence-electron chi connectivity index (χ1n) is 21.2. The molecule has 11 aromatic rings. The van der Waals surface area contributed by atoms with Crippen LogP contribution in [0.2, 0.25) is 0 Å². The van der Waals surface area contributed by atoms with Gasteiger partial charge in [-0.15, -0.1) is 0 Å². The molecule has 0 aliphatic heterocycles. The predicted octanol–water partition coefficient (Wildman–Crippen LogP) is 17.1. The zero-order valence-electron chi connectivity index (χ0n) is 34.0. The molecule has 1 heterocycles. The van der Waals surface area contributed by atoms with Crippen LogP contribution in [0.5, 0.6) is 0 Å². The molecule has 11 rings (SSSR count). The number of anilines is 3. The van der Waals surface area contributed by atoms with Crippen LogP contribution >= 0.6 is 0 Å². The SMILES string of the molecule is c1ccc(-c2ccccc2-c2ccc(N(c3ccc(-c4ccc5c(c4)oc4ccccc45)cc3)c3ccccc3-c3ccccc3-c3ccccc3-c3ccccc3)cc2)cc1. The summed E-state index contributed by atoms with van der Waals surface area (Å²) in [6, 6.07) is 89.1. The highest BCUT2D eigenvalue weighted by atomic mass is 16.3. The van der Waals surface area contributed by atoms with Crippen LogP contribution in [0.4, 0.5) is 17.1 Å². The summed E-state index contributed by atoms with van der Waals surface area (Å²) in [5.74, 6) is 0. The van der Waals surface area contributed by atoms with E-state index in [1.54, 1.807) is 0 Å². The molecule has 0 radical (unpaired) electrons. The summed E-state index contributed by atoms with van der Waals surface area (Å²) in [7, 11) is 0. The molecule has 0 fully saturated rings. The van der Waals surface area contributed by atoms with Gasteiger partial charge in [0.1, 0.15) is 11.2 Å². The van der Waals surface area contributed by atoms with Gasteiger partial charge in [0.2, 0.25) is 0 Å². The fourth-order valence-electron chi connectivity index (χ4n) is 8.97.